The summed E-state index contributed by atoms with van der Waals surface area (Å²) in [6, 6.07) is 6.60. The summed E-state index contributed by atoms with van der Waals surface area (Å²) >= 11 is 0. The van der Waals surface area contributed by atoms with Crippen LogP contribution in [0.2, 0.25) is 0 Å². The zero-order valence-electron chi connectivity index (χ0n) is 12.0. The lowest BCUT2D eigenvalue weighted by Gasteiger charge is -2.31. The summed E-state index contributed by atoms with van der Waals surface area (Å²) < 4.78 is 25.0. The zero-order valence-corrected chi connectivity index (χ0v) is 12.0. The Bertz CT molecular complexity index is 440. The normalized spacial score (nSPS) is 16.7. The molecular weight excluding hydrogens is 244 g/mol. The van der Waals surface area contributed by atoms with E-state index in [-0.39, 0.29) is 12.0 Å². The van der Waals surface area contributed by atoms with Crippen molar-refractivity contribution in [1.29, 1.82) is 0 Å². The molecule has 0 saturated heterocycles. The van der Waals surface area contributed by atoms with Gasteiger partial charge in [-0.1, -0.05) is 39.0 Å². The maximum Gasteiger partial charge on any atom is 0.251 e. The highest BCUT2D eigenvalue weighted by molar-refractivity contribution is 5.37. The van der Waals surface area contributed by atoms with Gasteiger partial charge in [0.15, 0.2) is 0 Å². The molecule has 0 unspecified atom stereocenters. The molecule has 3 heteroatoms. The summed E-state index contributed by atoms with van der Waals surface area (Å²) in [6.45, 7) is 7.94. The fourth-order valence-electron chi connectivity index (χ4n) is 2.59. The number of alkyl halides is 2. The number of halogens is 2. The van der Waals surface area contributed by atoms with Crippen LogP contribution in [0.1, 0.15) is 43.9 Å². The lowest BCUT2D eigenvalue weighted by atomic mass is 9.80. The topological polar surface area (TPSA) is 3.24 Å². The van der Waals surface area contributed by atoms with Crippen LogP contribution in [0.25, 0.3) is 0 Å². The van der Waals surface area contributed by atoms with Crippen LogP contribution >= 0.6 is 0 Å². The van der Waals surface area contributed by atoms with E-state index in [0.29, 0.717) is 6.54 Å². The Morgan fingerprint density at radius 3 is 2.63 bits per heavy atom. The van der Waals surface area contributed by atoms with Gasteiger partial charge in [0.25, 0.3) is 6.43 Å². The summed E-state index contributed by atoms with van der Waals surface area (Å²) in [6.07, 6.45) is -0.279. The molecule has 1 nitrogen and oxygen atoms in total. The predicted molar refractivity (Wildman–Crippen MR) is 74.7 cm³/mol. The van der Waals surface area contributed by atoms with E-state index in [1.807, 2.05) is 4.90 Å². The van der Waals surface area contributed by atoms with Crippen LogP contribution in [0.15, 0.2) is 18.2 Å². The van der Waals surface area contributed by atoms with Crippen LogP contribution in [0.5, 0.6) is 0 Å². The Morgan fingerprint density at radius 1 is 1.26 bits per heavy atom. The summed E-state index contributed by atoms with van der Waals surface area (Å²) in [4.78, 5) is 1.86. The summed E-state index contributed by atoms with van der Waals surface area (Å²) in [7, 11) is 0. The van der Waals surface area contributed by atoms with E-state index in [1.165, 1.54) is 16.7 Å². The van der Waals surface area contributed by atoms with Gasteiger partial charge in [-0.05, 0) is 34.9 Å². The van der Waals surface area contributed by atoms with Gasteiger partial charge in [0, 0.05) is 13.1 Å². The van der Waals surface area contributed by atoms with Crippen molar-refractivity contribution in [1.82, 2.24) is 4.90 Å². The van der Waals surface area contributed by atoms with Crippen LogP contribution in [0, 0.1) is 0 Å². The Hall–Kier alpha value is -0.960. The second kappa shape index (κ2) is 5.58. The molecule has 0 aromatic heterocycles. The summed E-state index contributed by atoms with van der Waals surface area (Å²) in [5.41, 5.74) is 4.01. The quantitative estimate of drug-likeness (QED) is 0.797. The highest BCUT2D eigenvalue weighted by Crippen LogP contribution is 2.30. The molecule has 19 heavy (non-hydrogen) atoms. The zero-order chi connectivity index (χ0) is 14.0. The van der Waals surface area contributed by atoms with Gasteiger partial charge in [0.05, 0.1) is 6.54 Å². The minimum absolute atomic E-state index is 0.110. The second-order valence-electron chi connectivity index (χ2n) is 6.10. The highest BCUT2D eigenvalue weighted by atomic mass is 19.3. The predicted octanol–water partition coefficient (Wildman–Crippen LogP) is 4.00. The molecule has 1 heterocycles. The van der Waals surface area contributed by atoms with Gasteiger partial charge in [-0.25, -0.2) is 8.78 Å². The Kier molecular flexibility index (Phi) is 4.24. The van der Waals surface area contributed by atoms with Gasteiger partial charge >= 0.3 is 0 Å². The molecule has 106 valence electrons. The van der Waals surface area contributed by atoms with Crippen molar-refractivity contribution < 1.29 is 8.78 Å². The maximum absolute atomic E-state index is 12.5. The first-order chi connectivity index (χ1) is 8.92. The van der Waals surface area contributed by atoms with Gasteiger partial charge in [-0.3, -0.25) is 4.90 Å². The van der Waals surface area contributed by atoms with E-state index < -0.39 is 6.43 Å². The van der Waals surface area contributed by atoms with E-state index in [4.69, 9.17) is 0 Å². The van der Waals surface area contributed by atoms with Crippen LogP contribution in [-0.4, -0.2) is 24.4 Å². The van der Waals surface area contributed by atoms with E-state index in [0.717, 1.165) is 19.4 Å². The molecule has 0 atom stereocenters. The van der Waals surface area contributed by atoms with Crippen molar-refractivity contribution in [3.8, 4) is 0 Å². The smallest absolute Gasteiger partial charge is 0.251 e. The van der Waals surface area contributed by atoms with Crippen molar-refractivity contribution >= 4 is 0 Å². The van der Waals surface area contributed by atoms with Crippen molar-refractivity contribution in [2.45, 2.75) is 52.0 Å². The molecule has 0 radical (unpaired) electrons. The van der Waals surface area contributed by atoms with Crippen molar-refractivity contribution in [3.63, 3.8) is 0 Å². The van der Waals surface area contributed by atoms with E-state index in [2.05, 4.69) is 39.0 Å². The van der Waals surface area contributed by atoms with Gasteiger partial charge < -0.3 is 0 Å². The highest BCUT2D eigenvalue weighted by Gasteiger charge is 2.23. The van der Waals surface area contributed by atoms with Crippen LogP contribution in [0.4, 0.5) is 8.78 Å². The minimum Gasteiger partial charge on any atom is -0.293 e. The first kappa shape index (κ1) is 14.4. The Labute approximate surface area is 114 Å². The number of hydrogen-bond acceptors (Lipinski definition) is 1. The van der Waals surface area contributed by atoms with Gasteiger partial charge in [-0.2, -0.15) is 0 Å². The van der Waals surface area contributed by atoms with Gasteiger partial charge in [0.2, 0.25) is 0 Å². The van der Waals surface area contributed by atoms with Crippen molar-refractivity contribution in [3.05, 3.63) is 34.9 Å². The average molecular weight is 267 g/mol. The molecule has 0 fully saturated rings. The second-order valence-corrected chi connectivity index (χ2v) is 6.10. The number of rotatable bonds is 4. The fourth-order valence-corrected chi connectivity index (χ4v) is 2.59. The average Bonchev–Trinajstić information content (AvgIpc) is 2.37. The molecule has 0 N–H and O–H groups in total. The third kappa shape index (κ3) is 3.33. The lowest BCUT2D eigenvalue weighted by molar-refractivity contribution is 0.0820. The van der Waals surface area contributed by atoms with Gasteiger partial charge in [0.1, 0.15) is 0 Å². The molecule has 0 saturated carbocycles. The SMILES string of the molecule is CCC(C)(C)c1ccc2c(c1)CN(CC(F)F)CC2. The summed E-state index contributed by atoms with van der Waals surface area (Å²) in [5, 5.41) is 0. The molecule has 0 aliphatic carbocycles. The first-order valence-electron chi connectivity index (χ1n) is 7.05. The molecule has 1 aliphatic heterocycles. The third-order valence-corrected chi connectivity index (χ3v) is 4.36. The Morgan fingerprint density at radius 2 is 2.00 bits per heavy atom. The third-order valence-electron chi connectivity index (χ3n) is 4.36. The van der Waals surface area contributed by atoms with E-state index in [1.54, 1.807) is 0 Å². The van der Waals surface area contributed by atoms with Crippen molar-refractivity contribution in [2.75, 3.05) is 13.1 Å². The molecule has 0 bridgehead atoms. The largest absolute Gasteiger partial charge is 0.293 e. The molecular formula is C16H23F2N. The first-order valence-corrected chi connectivity index (χ1v) is 7.05. The maximum atomic E-state index is 12.5. The number of fused-ring (bicyclic) bond motifs is 1. The number of benzene rings is 1. The van der Waals surface area contributed by atoms with Crippen LogP contribution < -0.4 is 0 Å². The lowest BCUT2D eigenvalue weighted by Crippen LogP contribution is -2.34. The number of hydrogen-bond donors (Lipinski definition) is 0. The minimum atomic E-state index is -2.24. The van der Waals surface area contributed by atoms with Gasteiger partial charge in [-0.15, -0.1) is 0 Å². The molecule has 1 aromatic carbocycles. The van der Waals surface area contributed by atoms with E-state index >= 15 is 0 Å². The molecule has 1 aliphatic rings. The number of nitrogens with zero attached hydrogens (tertiary/aromatic N) is 1. The van der Waals surface area contributed by atoms with Crippen LogP contribution in [-0.2, 0) is 18.4 Å². The Balaban J connectivity index is 2.20. The van der Waals surface area contributed by atoms with E-state index in [9.17, 15) is 8.78 Å². The monoisotopic (exact) mass is 267 g/mol. The standard InChI is InChI=1S/C16H23F2N/c1-4-16(2,3)14-6-5-12-7-8-19(11-15(17)18)10-13(12)9-14/h5-6,9,15H,4,7-8,10-11H2,1-3H3. The fraction of sp³-hybridized carbons (Fsp3) is 0.625. The molecule has 0 spiro atoms. The van der Waals surface area contributed by atoms with Crippen molar-refractivity contribution in [2.24, 2.45) is 0 Å². The summed E-state index contributed by atoms with van der Waals surface area (Å²) in [5.74, 6) is 0. The molecule has 1 aromatic rings. The molecule has 0 amide bonds. The molecule has 2 rings (SSSR count). The van der Waals surface area contributed by atoms with Crippen LogP contribution in [0.3, 0.4) is 0 Å².